The first-order valence-corrected chi connectivity index (χ1v) is 12.9. The lowest BCUT2D eigenvalue weighted by molar-refractivity contribution is -0.384. The average Bonchev–Trinajstić information content (AvgIpc) is 3.21. The highest BCUT2D eigenvalue weighted by atomic mass is 32.1. The van der Waals surface area contributed by atoms with Gasteiger partial charge in [0, 0.05) is 12.1 Å². The van der Waals surface area contributed by atoms with Gasteiger partial charge in [-0.3, -0.25) is 19.5 Å². The number of nitro groups is 1. The van der Waals surface area contributed by atoms with Crippen LogP contribution in [0.2, 0.25) is 0 Å². The molecule has 1 unspecified atom stereocenters. The number of nitrogens with zero attached hydrogens (tertiary/aromatic N) is 3. The number of carbonyl (C=O) groups is 1. The van der Waals surface area contributed by atoms with Crippen molar-refractivity contribution in [2.75, 3.05) is 13.2 Å². The van der Waals surface area contributed by atoms with E-state index in [1.165, 1.54) is 34.1 Å². The van der Waals surface area contributed by atoms with Crippen LogP contribution < -0.4 is 19.6 Å². The van der Waals surface area contributed by atoms with E-state index in [0.29, 0.717) is 38.5 Å². The van der Waals surface area contributed by atoms with Crippen LogP contribution in [-0.2, 0) is 9.53 Å². The minimum absolute atomic E-state index is 0.0249. The number of ether oxygens (including phenoxy) is 2. The molecule has 1 aliphatic rings. The molecular weight excluding hydrogens is 506 g/mol. The van der Waals surface area contributed by atoms with Gasteiger partial charge in [-0.2, -0.15) is 0 Å². The standard InChI is InChI=1S/C28H27N3O6S/c1-4-6-16-36-22-13-9-20(10-14-22)25-24(27(33)37-15-5-2)18(3)29-28-30(25)26(32)23(38-28)17-19-7-11-21(12-8-19)31(34)35/h5,7-14,17,25H,2,4,6,15-16H2,1,3H3/b23-17-. The molecule has 0 spiro atoms. The number of unbranched alkanes of at least 4 members (excludes halogenated alkanes) is 1. The molecule has 3 aromatic rings. The fourth-order valence-corrected chi connectivity index (χ4v) is 5.08. The maximum atomic E-state index is 13.7. The maximum Gasteiger partial charge on any atom is 0.338 e. The van der Waals surface area contributed by atoms with Crippen LogP contribution in [-0.4, -0.2) is 28.7 Å². The third-order valence-electron chi connectivity index (χ3n) is 5.94. The molecule has 0 aliphatic carbocycles. The first-order valence-electron chi connectivity index (χ1n) is 12.1. The van der Waals surface area contributed by atoms with Crippen molar-refractivity contribution in [3.05, 3.63) is 113 Å². The minimum Gasteiger partial charge on any atom is -0.494 e. The fourth-order valence-electron chi connectivity index (χ4n) is 4.03. The third-order valence-corrected chi connectivity index (χ3v) is 6.92. The second kappa shape index (κ2) is 11.8. The molecule has 1 aromatic heterocycles. The van der Waals surface area contributed by atoms with Crippen LogP contribution in [0.5, 0.6) is 5.75 Å². The van der Waals surface area contributed by atoms with E-state index in [1.807, 2.05) is 24.3 Å². The van der Waals surface area contributed by atoms with Crippen molar-refractivity contribution in [3.8, 4) is 5.75 Å². The lowest BCUT2D eigenvalue weighted by atomic mass is 9.96. The SMILES string of the molecule is C=CCOC(=O)C1=C(C)N=c2s/c(=C\c3ccc([N+](=O)[O-])cc3)c(=O)n2C1c1ccc(OCCCC)cc1. The summed E-state index contributed by atoms with van der Waals surface area (Å²) in [6.45, 7) is 8.03. The molecule has 1 atom stereocenters. The first kappa shape index (κ1) is 26.7. The third kappa shape index (κ3) is 5.65. The molecule has 0 amide bonds. The lowest BCUT2D eigenvalue weighted by Gasteiger charge is -2.24. The van der Waals surface area contributed by atoms with Crippen molar-refractivity contribution >= 4 is 29.1 Å². The molecule has 10 heteroatoms. The molecule has 0 fully saturated rings. The van der Waals surface area contributed by atoms with Crippen LogP contribution >= 0.6 is 11.3 Å². The largest absolute Gasteiger partial charge is 0.494 e. The molecule has 2 aromatic carbocycles. The summed E-state index contributed by atoms with van der Waals surface area (Å²) in [6.07, 6.45) is 5.09. The molecule has 38 heavy (non-hydrogen) atoms. The number of nitro benzene ring substituents is 1. The van der Waals surface area contributed by atoms with Crippen molar-refractivity contribution in [2.24, 2.45) is 4.99 Å². The molecule has 0 bridgehead atoms. The van der Waals surface area contributed by atoms with Crippen molar-refractivity contribution in [1.82, 2.24) is 4.57 Å². The van der Waals surface area contributed by atoms with Gasteiger partial charge in [-0.05, 0) is 54.8 Å². The number of benzene rings is 2. The van der Waals surface area contributed by atoms with Crippen molar-refractivity contribution in [2.45, 2.75) is 32.7 Å². The lowest BCUT2D eigenvalue weighted by Crippen LogP contribution is -2.39. The van der Waals surface area contributed by atoms with E-state index in [2.05, 4.69) is 18.5 Å². The van der Waals surface area contributed by atoms with E-state index in [-0.39, 0.29) is 23.4 Å². The van der Waals surface area contributed by atoms with E-state index in [0.717, 1.165) is 12.8 Å². The zero-order valence-electron chi connectivity index (χ0n) is 21.1. The van der Waals surface area contributed by atoms with Gasteiger partial charge in [0.1, 0.15) is 12.4 Å². The van der Waals surface area contributed by atoms with Crippen molar-refractivity contribution < 1.29 is 19.2 Å². The predicted octanol–water partition coefficient (Wildman–Crippen LogP) is 4.05. The summed E-state index contributed by atoms with van der Waals surface area (Å²) in [5.74, 6) is 0.119. The molecule has 4 rings (SSSR count). The highest BCUT2D eigenvalue weighted by molar-refractivity contribution is 7.07. The number of esters is 1. The van der Waals surface area contributed by atoms with Gasteiger partial charge in [-0.25, -0.2) is 9.79 Å². The van der Waals surface area contributed by atoms with Crippen LogP contribution in [0.15, 0.2) is 82.2 Å². The van der Waals surface area contributed by atoms with Gasteiger partial charge in [0.15, 0.2) is 4.80 Å². The summed E-state index contributed by atoms with van der Waals surface area (Å²) in [6, 6.07) is 12.5. The summed E-state index contributed by atoms with van der Waals surface area (Å²) in [4.78, 5) is 42.3. The smallest absolute Gasteiger partial charge is 0.338 e. The van der Waals surface area contributed by atoms with Gasteiger partial charge >= 0.3 is 5.97 Å². The summed E-state index contributed by atoms with van der Waals surface area (Å²) in [5.41, 5.74) is 1.69. The van der Waals surface area contributed by atoms with Crippen LogP contribution in [0, 0.1) is 10.1 Å². The van der Waals surface area contributed by atoms with Gasteiger partial charge in [0.05, 0.1) is 33.4 Å². The molecule has 2 heterocycles. The molecule has 0 saturated carbocycles. The van der Waals surface area contributed by atoms with Crippen molar-refractivity contribution in [3.63, 3.8) is 0 Å². The average molecular weight is 534 g/mol. The molecule has 1 aliphatic heterocycles. The van der Waals surface area contributed by atoms with Gasteiger partial charge in [0.2, 0.25) is 0 Å². The Kier molecular flexibility index (Phi) is 8.32. The van der Waals surface area contributed by atoms with Crippen molar-refractivity contribution in [1.29, 1.82) is 0 Å². The molecular formula is C28H27N3O6S. The first-order chi connectivity index (χ1) is 18.3. The van der Waals surface area contributed by atoms with Crippen LogP contribution in [0.4, 0.5) is 5.69 Å². The van der Waals surface area contributed by atoms with E-state index >= 15 is 0 Å². The number of rotatable bonds is 10. The van der Waals surface area contributed by atoms with Crippen LogP contribution in [0.1, 0.15) is 43.9 Å². The maximum absolute atomic E-state index is 13.7. The fraction of sp³-hybridized carbons (Fsp3) is 0.250. The Morgan fingerprint density at radius 2 is 1.92 bits per heavy atom. The highest BCUT2D eigenvalue weighted by Crippen LogP contribution is 2.31. The van der Waals surface area contributed by atoms with E-state index in [1.54, 1.807) is 25.1 Å². The zero-order valence-corrected chi connectivity index (χ0v) is 21.9. The Morgan fingerprint density at radius 3 is 2.55 bits per heavy atom. The molecule has 0 N–H and O–H groups in total. The highest BCUT2D eigenvalue weighted by Gasteiger charge is 2.33. The predicted molar refractivity (Wildman–Crippen MR) is 145 cm³/mol. The topological polar surface area (TPSA) is 113 Å². The number of allylic oxidation sites excluding steroid dienone is 1. The van der Waals surface area contributed by atoms with E-state index < -0.39 is 16.9 Å². The van der Waals surface area contributed by atoms with Crippen LogP contribution in [0.3, 0.4) is 0 Å². The van der Waals surface area contributed by atoms with Gasteiger partial charge in [-0.1, -0.05) is 49.5 Å². The van der Waals surface area contributed by atoms with Gasteiger partial charge in [-0.15, -0.1) is 0 Å². The summed E-state index contributed by atoms with van der Waals surface area (Å²) in [7, 11) is 0. The summed E-state index contributed by atoms with van der Waals surface area (Å²) >= 11 is 1.19. The normalized spacial score (nSPS) is 15.0. The summed E-state index contributed by atoms with van der Waals surface area (Å²) in [5, 5.41) is 11.0. The molecule has 196 valence electrons. The number of fused-ring (bicyclic) bond motifs is 1. The van der Waals surface area contributed by atoms with E-state index in [9.17, 15) is 19.7 Å². The number of carbonyl (C=O) groups excluding carboxylic acids is 1. The molecule has 0 saturated heterocycles. The van der Waals surface area contributed by atoms with Gasteiger partial charge < -0.3 is 9.47 Å². The minimum atomic E-state index is -0.757. The summed E-state index contributed by atoms with van der Waals surface area (Å²) < 4.78 is 13.0. The Hall–Kier alpha value is -4.31. The number of aromatic nitrogens is 1. The Bertz CT molecular complexity index is 1570. The quantitative estimate of drug-likeness (QED) is 0.128. The van der Waals surface area contributed by atoms with Crippen LogP contribution in [0.25, 0.3) is 6.08 Å². The monoisotopic (exact) mass is 533 g/mol. The zero-order chi connectivity index (χ0) is 27.2. The Labute approximate surface area is 222 Å². The number of hydrogen-bond donors (Lipinski definition) is 0. The second-order valence-corrected chi connectivity index (χ2v) is 9.60. The second-order valence-electron chi connectivity index (χ2n) is 8.59. The molecule has 9 nitrogen and oxygen atoms in total. The Balaban J connectivity index is 1.81. The number of thiazole rings is 1. The Morgan fingerprint density at radius 1 is 1.21 bits per heavy atom. The molecule has 0 radical (unpaired) electrons. The number of hydrogen-bond acceptors (Lipinski definition) is 8. The van der Waals surface area contributed by atoms with Gasteiger partial charge in [0.25, 0.3) is 11.2 Å². The van der Waals surface area contributed by atoms with E-state index in [4.69, 9.17) is 9.47 Å². The number of non-ortho nitro benzene ring substituents is 1.